The minimum atomic E-state index is -0.774. The molecule has 1 unspecified atom stereocenters. The van der Waals surface area contributed by atoms with Crippen molar-refractivity contribution in [2.24, 2.45) is 0 Å². The fourth-order valence-electron chi connectivity index (χ4n) is 2.58. The second-order valence-electron chi connectivity index (χ2n) is 5.96. The molecule has 1 aliphatic heterocycles. The van der Waals surface area contributed by atoms with Crippen LogP contribution in [0.4, 0.5) is 0 Å². The lowest BCUT2D eigenvalue weighted by Gasteiger charge is -2.41. The molecule has 1 aromatic carbocycles. The van der Waals surface area contributed by atoms with E-state index < -0.39 is 10.6 Å². The van der Waals surface area contributed by atoms with Crippen molar-refractivity contribution in [2.75, 3.05) is 13.7 Å². The molecule has 1 heterocycles. The molecular formula is C17H23BrO5. The molecule has 2 rings (SSSR count). The average molecular weight is 387 g/mol. The predicted molar refractivity (Wildman–Crippen MR) is 89.3 cm³/mol. The molecule has 128 valence electrons. The number of halogens is 1. The first kappa shape index (κ1) is 18.4. The molecule has 0 spiro atoms. The van der Waals surface area contributed by atoms with Crippen LogP contribution >= 0.6 is 15.9 Å². The maximum Gasteiger partial charge on any atom is 0.322 e. The predicted octanol–water partition coefficient (Wildman–Crippen LogP) is 3.05. The maximum absolute atomic E-state index is 11.7. The van der Waals surface area contributed by atoms with Gasteiger partial charge in [-0.2, -0.15) is 0 Å². The zero-order valence-corrected chi connectivity index (χ0v) is 15.2. The monoisotopic (exact) mass is 386 g/mol. The molecule has 0 aliphatic carbocycles. The molecule has 0 aromatic heterocycles. The highest BCUT2D eigenvalue weighted by atomic mass is 79.9. The summed E-state index contributed by atoms with van der Waals surface area (Å²) in [6.07, 6.45) is 0.0946. The summed E-state index contributed by atoms with van der Waals surface area (Å²) in [5.41, 5.74) is 1.11. The molecule has 1 aromatic rings. The lowest BCUT2D eigenvalue weighted by molar-refractivity contribution is -0.304. The molecule has 23 heavy (non-hydrogen) atoms. The Morgan fingerprint density at radius 3 is 2.70 bits per heavy atom. The summed E-state index contributed by atoms with van der Waals surface area (Å²) >= 11 is 3.35. The van der Waals surface area contributed by atoms with Crippen molar-refractivity contribution in [3.63, 3.8) is 0 Å². The standard InChI is InChI=1S/C17H23BrO5/c1-17(2)22-13(9-14(23-17)15(18)16(19)20-3)11-21-10-12-7-5-4-6-8-12/h4-8,13-15H,9-11H2,1-3H3/t13-,14+,15?/m0/s1. The Bertz CT molecular complexity index is 505. The summed E-state index contributed by atoms with van der Waals surface area (Å²) < 4.78 is 22.2. The molecule has 1 aliphatic rings. The molecule has 6 heteroatoms. The topological polar surface area (TPSA) is 54.0 Å². The Morgan fingerprint density at radius 1 is 1.35 bits per heavy atom. The zero-order chi connectivity index (χ0) is 16.9. The van der Waals surface area contributed by atoms with Gasteiger partial charge < -0.3 is 18.9 Å². The number of esters is 1. The van der Waals surface area contributed by atoms with Gasteiger partial charge in [0.05, 0.1) is 32.5 Å². The van der Waals surface area contributed by atoms with E-state index in [0.29, 0.717) is 19.6 Å². The van der Waals surface area contributed by atoms with E-state index in [2.05, 4.69) is 15.9 Å². The minimum Gasteiger partial charge on any atom is -0.468 e. The third kappa shape index (κ3) is 5.57. The van der Waals surface area contributed by atoms with Crippen molar-refractivity contribution in [3.8, 4) is 0 Å². The van der Waals surface area contributed by atoms with Crippen LogP contribution in [0.3, 0.4) is 0 Å². The van der Waals surface area contributed by atoms with Gasteiger partial charge in [-0.3, -0.25) is 4.79 Å². The van der Waals surface area contributed by atoms with Crippen LogP contribution in [0.5, 0.6) is 0 Å². The number of alkyl halides is 1. The van der Waals surface area contributed by atoms with Gasteiger partial charge in [0, 0.05) is 6.42 Å². The van der Waals surface area contributed by atoms with Gasteiger partial charge >= 0.3 is 5.97 Å². The van der Waals surface area contributed by atoms with Gasteiger partial charge in [0.15, 0.2) is 5.79 Å². The number of ether oxygens (including phenoxy) is 4. The maximum atomic E-state index is 11.7. The molecule has 1 saturated heterocycles. The van der Waals surface area contributed by atoms with Gasteiger partial charge in [-0.25, -0.2) is 0 Å². The van der Waals surface area contributed by atoms with Crippen molar-refractivity contribution >= 4 is 21.9 Å². The van der Waals surface area contributed by atoms with E-state index in [1.807, 2.05) is 44.2 Å². The smallest absolute Gasteiger partial charge is 0.322 e. The molecular weight excluding hydrogens is 364 g/mol. The SMILES string of the molecule is COC(=O)C(Br)[C@H]1C[C@@H](COCc2ccccc2)OC(C)(C)O1. The first-order chi connectivity index (χ1) is 10.9. The summed E-state index contributed by atoms with van der Waals surface area (Å²) in [7, 11) is 1.36. The number of hydrogen-bond acceptors (Lipinski definition) is 5. The molecule has 0 radical (unpaired) electrons. The van der Waals surface area contributed by atoms with Crippen LogP contribution in [-0.4, -0.2) is 42.5 Å². The van der Waals surface area contributed by atoms with E-state index in [1.54, 1.807) is 0 Å². The zero-order valence-electron chi connectivity index (χ0n) is 13.7. The van der Waals surface area contributed by atoms with E-state index in [-0.39, 0.29) is 18.2 Å². The van der Waals surface area contributed by atoms with Crippen molar-refractivity contribution in [1.82, 2.24) is 0 Å². The van der Waals surface area contributed by atoms with Gasteiger partial charge in [-0.1, -0.05) is 46.3 Å². The number of carbonyl (C=O) groups excluding carboxylic acids is 1. The Hall–Kier alpha value is -0.950. The molecule has 1 fully saturated rings. The summed E-state index contributed by atoms with van der Waals surface area (Å²) in [5.74, 6) is -1.12. The number of methoxy groups -OCH3 is 1. The fourth-order valence-corrected chi connectivity index (χ4v) is 3.09. The molecule has 0 bridgehead atoms. The highest BCUT2D eigenvalue weighted by molar-refractivity contribution is 9.10. The van der Waals surface area contributed by atoms with Crippen LogP contribution in [-0.2, 0) is 30.3 Å². The van der Waals surface area contributed by atoms with Gasteiger partial charge in [0.25, 0.3) is 0 Å². The fraction of sp³-hybridized carbons (Fsp3) is 0.588. The minimum absolute atomic E-state index is 0.142. The second-order valence-corrected chi connectivity index (χ2v) is 6.94. The van der Waals surface area contributed by atoms with Gasteiger partial charge in [-0.15, -0.1) is 0 Å². The highest BCUT2D eigenvalue weighted by Crippen LogP contribution is 2.31. The second kappa shape index (κ2) is 8.24. The quantitative estimate of drug-likeness (QED) is 0.555. The largest absolute Gasteiger partial charge is 0.468 e. The lowest BCUT2D eigenvalue weighted by Crippen LogP contribution is -2.50. The Morgan fingerprint density at radius 2 is 2.04 bits per heavy atom. The van der Waals surface area contributed by atoms with Crippen LogP contribution in [0.2, 0.25) is 0 Å². The Labute approximate surface area is 145 Å². The van der Waals surface area contributed by atoms with E-state index in [1.165, 1.54) is 7.11 Å². The van der Waals surface area contributed by atoms with E-state index >= 15 is 0 Å². The summed E-state index contributed by atoms with van der Waals surface area (Å²) in [4.78, 5) is 11.2. The van der Waals surface area contributed by atoms with Crippen LogP contribution in [0.25, 0.3) is 0 Å². The van der Waals surface area contributed by atoms with E-state index in [0.717, 1.165) is 5.56 Å². The van der Waals surface area contributed by atoms with Crippen molar-refractivity contribution in [1.29, 1.82) is 0 Å². The molecule has 3 atom stereocenters. The normalized spacial score (nSPS) is 24.9. The van der Waals surface area contributed by atoms with Crippen LogP contribution < -0.4 is 0 Å². The molecule has 0 saturated carbocycles. The van der Waals surface area contributed by atoms with Gasteiger partial charge in [0.2, 0.25) is 0 Å². The van der Waals surface area contributed by atoms with E-state index in [4.69, 9.17) is 18.9 Å². The van der Waals surface area contributed by atoms with Gasteiger partial charge in [0.1, 0.15) is 4.83 Å². The first-order valence-corrected chi connectivity index (χ1v) is 8.52. The number of rotatable bonds is 6. The molecule has 0 N–H and O–H groups in total. The average Bonchev–Trinajstić information content (AvgIpc) is 2.53. The number of benzene rings is 1. The lowest BCUT2D eigenvalue weighted by atomic mass is 10.1. The van der Waals surface area contributed by atoms with Crippen molar-refractivity contribution < 1.29 is 23.7 Å². The Balaban J connectivity index is 1.89. The van der Waals surface area contributed by atoms with Crippen molar-refractivity contribution in [2.45, 2.75) is 49.7 Å². The third-order valence-corrected chi connectivity index (χ3v) is 4.51. The number of carbonyl (C=O) groups is 1. The van der Waals surface area contributed by atoms with Crippen LogP contribution in [0.1, 0.15) is 25.8 Å². The summed E-state index contributed by atoms with van der Waals surface area (Å²) in [6, 6.07) is 9.97. The van der Waals surface area contributed by atoms with Gasteiger partial charge in [-0.05, 0) is 19.4 Å². The van der Waals surface area contributed by atoms with Crippen molar-refractivity contribution in [3.05, 3.63) is 35.9 Å². The molecule has 0 amide bonds. The highest BCUT2D eigenvalue weighted by Gasteiger charge is 2.41. The Kier molecular flexibility index (Phi) is 6.59. The first-order valence-electron chi connectivity index (χ1n) is 7.60. The van der Waals surface area contributed by atoms with Crippen LogP contribution in [0.15, 0.2) is 30.3 Å². The summed E-state index contributed by atoms with van der Waals surface area (Å²) in [5, 5.41) is 0. The third-order valence-electron chi connectivity index (χ3n) is 3.55. The summed E-state index contributed by atoms with van der Waals surface area (Å²) in [6.45, 7) is 4.64. The van der Waals surface area contributed by atoms with Crippen LogP contribution in [0, 0.1) is 0 Å². The van der Waals surface area contributed by atoms with E-state index in [9.17, 15) is 4.79 Å². The number of hydrogen-bond donors (Lipinski definition) is 0. The molecule has 5 nitrogen and oxygen atoms in total.